The third kappa shape index (κ3) is 3.69. The molecule has 0 bridgehead atoms. The molecule has 1 saturated heterocycles. The Labute approximate surface area is 147 Å². The van der Waals surface area contributed by atoms with Gasteiger partial charge in [0.25, 0.3) is 0 Å². The largest absolute Gasteiger partial charge is 0.371 e. The molecule has 1 spiro atoms. The number of nitrogens with zero attached hydrogens (tertiary/aromatic N) is 3. The van der Waals surface area contributed by atoms with E-state index in [-0.39, 0.29) is 11.6 Å². The molecular weight excluding hydrogens is 316 g/mol. The molecule has 132 valence electrons. The minimum absolute atomic E-state index is 0.0613. The summed E-state index contributed by atoms with van der Waals surface area (Å²) < 4.78 is 7.83. The standard InChI is InChI=1S/C19H24N4O2/c24-18(22-10-11-25-19(15-22)8-4-5-9-19)21-17-12-20-23(14-17)13-16-6-2-1-3-7-16/h1-3,6-7,12,14H,4-5,8-11,13,15H2,(H,21,24). The van der Waals surface area contributed by atoms with Crippen LogP contribution in [0.3, 0.4) is 0 Å². The SMILES string of the molecule is O=C(Nc1cnn(Cc2ccccc2)c1)N1CCOC2(CCCC2)C1. The summed E-state index contributed by atoms with van der Waals surface area (Å²) in [7, 11) is 0. The number of aromatic nitrogens is 2. The van der Waals surface area contributed by atoms with Crippen LogP contribution >= 0.6 is 0 Å². The molecule has 2 aliphatic rings. The van der Waals surface area contributed by atoms with Crippen LogP contribution in [0.15, 0.2) is 42.7 Å². The predicted molar refractivity (Wildman–Crippen MR) is 95.5 cm³/mol. The first kappa shape index (κ1) is 16.1. The van der Waals surface area contributed by atoms with Crippen LogP contribution < -0.4 is 5.32 Å². The van der Waals surface area contributed by atoms with Crippen molar-refractivity contribution in [2.75, 3.05) is 25.0 Å². The highest BCUT2D eigenvalue weighted by molar-refractivity contribution is 5.89. The first-order valence-electron chi connectivity index (χ1n) is 8.99. The molecule has 1 saturated carbocycles. The van der Waals surface area contributed by atoms with Crippen LogP contribution in [0.4, 0.5) is 10.5 Å². The zero-order valence-corrected chi connectivity index (χ0v) is 14.4. The molecule has 1 aromatic carbocycles. The number of morpholine rings is 1. The Morgan fingerprint density at radius 3 is 2.84 bits per heavy atom. The van der Waals surface area contributed by atoms with Gasteiger partial charge in [0.1, 0.15) is 0 Å². The second-order valence-corrected chi connectivity index (χ2v) is 7.00. The van der Waals surface area contributed by atoms with E-state index in [1.807, 2.05) is 34.0 Å². The van der Waals surface area contributed by atoms with Gasteiger partial charge in [-0.3, -0.25) is 4.68 Å². The van der Waals surface area contributed by atoms with Gasteiger partial charge >= 0.3 is 6.03 Å². The second kappa shape index (κ2) is 6.88. The lowest BCUT2D eigenvalue weighted by atomic mass is 10.00. The lowest BCUT2D eigenvalue weighted by Crippen LogP contribution is -2.53. The number of benzene rings is 1. The molecule has 6 heteroatoms. The molecule has 6 nitrogen and oxygen atoms in total. The molecule has 2 amide bonds. The van der Waals surface area contributed by atoms with Crippen molar-refractivity contribution in [3.8, 4) is 0 Å². The zero-order valence-electron chi connectivity index (χ0n) is 14.4. The third-order valence-corrected chi connectivity index (χ3v) is 5.12. The minimum atomic E-state index is -0.104. The van der Waals surface area contributed by atoms with Crippen molar-refractivity contribution in [2.24, 2.45) is 0 Å². The summed E-state index contributed by atoms with van der Waals surface area (Å²) in [6.45, 7) is 2.65. The van der Waals surface area contributed by atoms with Crippen molar-refractivity contribution in [3.63, 3.8) is 0 Å². The number of ether oxygens (including phenoxy) is 1. The Hall–Kier alpha value is -2.34. The van der Waals surface area contributed by atoms with Gasteiger partial charge in [-0.25, -0.2) is 4.79 Å². The summed E-state index contributed by atoms with van der Waals surface area (Å²) in [4.78, 5) is 14.5. The average molecular weight is 340 g/mol. The number of nitrogens with one attached hydrogen (secondary N) is 1. The Morgan fingerprint density at radius 1 is 1.24 bits per heavy atom. The summed E-state index contributed by atoms with van der Waals surface area (Å²) >= 11 is 0. The van der Waals surface area contributed by atoms with Gasteiger partial charge in [0.15, 0.2) is 0 Å². The summed E-state index contributed by atoms with van der Waals surface area (Å²) in [6.07, 6.45) is 8.09. The number of amides is 2. The third-order valence-electron chi connectivity index (χ3n) is 5.12. The zero-order chi connectivity index (χ0) is 17.1. The molecule has 2 heterocycles. The van der Waals surface area contributed by atoms with E-state index in [1.54, 1.807) is 6.20 Å². The molecule has 2 fully saturated rings. The van der Waals surface area contributed by atoms with Crippen LogP contribution in [0.5, 0.6) is 0 Å². The lowest BCUT2D eigenvalue weighted by Gasteiger charge is -2.40. The normalized spacial score (nSPS) is 19.3. The Bertz CT molecular complexity index is 722. The molecule has 0 atom stereocenters. The van der Waals surface area contributed by atoms with Crippen LogP contribution in [0.1, 0.15) is 31.2 Å². The predicted octanol–water partition coefficient (Wildman–Crippen LogP) is 3.11. The van der Waals surface area contributed by atoms with Crippen LogP contribution in [0.25, 0.3) is 0 Å². The van der Waals surface area contributed by atoms with Gasteiger partial charge in [-0.15, -0.1) is 0 Å². The van der Waals surface area contributed by atoms with E-state index < -0.39 is 0 Å². The fourth-order valence-electron chi connectivity index (χ4n) is 3.83. The highest BCUT2D eigenvalue weighted by Crippen LogP contribution is 2.35. The topological polar surface area (TPSA) is 59.4 Å². The highest BCUT2D eigenvalue weighted by Gasteiger charge is 2.40. The molecule has 0 radical (unpaired) electrons. The van der Waals surface area contributed by atoms with Crippen LogP contribution in [0.2, 0.25) is 0 Å². The molecule has 4 rings (SSSR count). The molecule has 25 heavy (non-hydrogen) atoms. The van der Waals surface area contributed by atoms with Crippen molar-refractivity contribution in [1.29, 1.82) is 0 Å². The van der Waals surface area contributed by atoms with Gasteiger partial charge in [0.05, 0.1) is 37.2 Å². The summed E-state index contributed by atoms with van der Waals surface area (Å²) in [5, 5.41) is 7.31. The Morgan fingerprint density at radius 2 is 2.04 bits per heavy atom. The Balaban J connectivity index is 1.36. The van der Waals surface area contributed by atoms with Crippen molar-refractivity contribution >= 4 is 11.7 Å². The van der Waals surface area contributed by atoms with Crippen molar-refractivity contribution in [2.45, 2.75) is 37.8 Å². The number of carbonyl (C=O) groups is 1. The molecule has 1 aliphatic carbocycles. The van der Waals surface area contributed by atoms with Gasteiger partial charge in [-0.1, -0.05) is 43.2 Å². The fourth-order valence-corrected chi connectivity index (χ4v) is 3.83. The fraction of sp³-hybridized carbons (Fsp3) is 0.474. The number of anilines is 1. The van der Waals surface area contributed by atoms with E-state index in [0.29, 0.717) is 26.2 Å². The van der Waals surface area contributed by atoms with Gasteiger partial charge in [0, 0.05) is 12.7 Å². The van der Waals surface area contributed by atoms with Gasteiger partial charge in [0.2, 0.25) is 0 Å². The van der Waals surface area contributed by atoms with E-state index >= 15 is 0 Å². The Kier molecular flexibility index (Phi) is 4.44. The first-order valence-corrected chi connectivity index (χ1v) is 8.99. The van der Waals surface area contributed by atoms with Crippen LogP contribution in [-0.4, -0.2) is 46.0 Å². The molecule has 1 N–H and O–H groups in total. The molecule has 1 aliphatic heterocycles. The van der Waals surface area contributed by atoms with Gasteiger partial charge in [-0.05, 0) is 18.4 Å². The summed E-state index contributed by atoms with van der Waals surface area (Å²) in [6, 6.07) is 10.1. The van der Waals surface area contributed by atoms with Crippen molar-refractivity contribution < 1.29 is 9.53 Å². The summed E-state index contributed by atoms with van der Waals surface area (Å²) in [5.41, 5.74) is 1.81. The number of rotatable bonds is 3. The maximum atomic E-state index is 12.6. The van der Waals surface area contributed by atoms with Crippen molar-refractivity contribution in [1.82, 2.24) is 14.7 Å². The van der Waals surface area contributed by atoms with Crippen LogP contribution in [0, 0.1) is 0 Å². The molecular formula is C19H24N4O2. The molecule has 1 aromatic heterocycles. The minimum Gasteiger partial charge on any atom is -0.371 e. The average Bonchev–Trinajstić information content (AvgIpc) is 3.26. The number of hydrogen-bond acceptors (Lipinski definition) is 3. The quantitative estimate of drug-likeness (QED) is 0.934. The maximum Gasteiger partial charge on any atom is 0.322 e. The number of hydrogen-bond donors (Lipinski definition) is 1. The first-order chi connectivity index (χ1) is 12.2. The van der Waals surface area contributed by atoms with E-state index in [0.717, 1.165) is 18.5 Å². The maximum absolute atomic E-state index is 12.6. The lowest BCUT2D eigenvalue weighted by molar-refractivity contribution is -0.0914. The molecule has 2 aromatic rings. The number of carbonyl (C=O) groups excluding carboxylic acids is 1. The monoisotopic (exact) mass is 340 g/mol. The van der Waals surface area contributed by atoms with E-state index in [2.05, 4.69) is 22.5 Å². The molecule has 0 unspecified atom stereocenters. The van der Waals surface area contributed by atoms with E-state index in [1.165, 1.54) is 18.4 Å². The van der Waals surface area contributed by atoms with Gasteiger partial charge < -0.3 is 15.0 Å². The van der Waals surface area contributed by atoms with Crippen molar-refractivity contribution in [3.05, 3.63) is 48.3 Å². The van der Waals surface area contributed by atoms with E-state index in [4.69, 9.17) is 4.74 Å². The van der Waals surface area contributed by atoms with Crippen LogP contribution in [-0.2, 0) is 11.3 Å². The summed E-state index contributed by atoms with van der Waals surface area (Å²) in [5.74, 6) is 0. The second-order valence-electron chi connectivity index (χ2n) is 7.00. The van der Waals surface area contributed by atoms with E-state index in [9.17, 15) is 4.79 Å². The van der Waals surface area contributed by atoms with Gasteiger partial charge in [-0.2, -0.15) is 5.10 Å². The smallest absolute Gasteiger partial charge is 0.322 e. The highest BCUT2D eigenvalue weighted by atomic mass is 16.5. The number of urea groups is 1.